The van der Waals surface area contributed by atoms with Gasteiger partial charge in [-0.15, -0.1) is 0 Å². The third kappa shape index (κ3) is 6.33. The van der Waals surface area contributed by atoms with E-state index in [0.29, 0.717) is 37.2 Å². The summed E-state index contributed by atoms with van der Waals surface area (Å²) in [6.07, 6.45) is 0. The molecule has 9 heteroatoms. The summed E-state index contributed by atoms with van der Waals surface area (Å²) in [7, 11) is -1.32. The van der Waals surface area contributed by atoms with Gasteiger partial charge in [-0.2, -0.15) is 11.8 Å². The Morgan fingerprint density at radius 1 is 1.35 bits per heavy atom. The molecule has 0 unspecified atom stereocenters. The van der Waals surface area contributed by atoms with Crippen LogP contribution in [0.5, 0.6) is 0 Å². The first-order chi connectivity index (χ1) is 12.4. The molecule has 6 nitrogen and oxygen atoms in total. The zero-order chi connectivity index (χ0) is 19.0. The average molecular weight is 419 g/mol. The molecule has 0 aromatic heterocycles. The Morgan fingerprint density at radius 3 is 2.69 bits per heavy atom. The van der Waals surface area contributed by atoms with Crippen molar-refractivity contribution in [2.75, 3.05) is 50.5 Å². The van der Waals surface area contributed by atoms with Crippen molar-refractivity contribution in [3.05, 3.63) is 34.9 Å². The van der Waals surface area contributed by atoms with Crippen LogP contribution in [0.4, 0.5) is 0 Å². The summed E-state index contributed by atoms with van der Waals surface area (Å²) in [4.78, 5) is 6.45. The smallest absolute Gasteiger partial charge is 0.215 e. The fourth-order valence-electron chi connectivity index (χ4n) is 2.65. The third-order valence-electron chi connectivity index (χ3n) is 4.04. The van der Waals surface area contributed by atoms with E-state index in [0.717, 1.165) is 17.1 Å². The first-order valence-electron chi connectivity index (χ1n) is 8.72. The van der Waals surface area contributed by atoms with Crippen LogP contribution in [0.2, 0.25) is 5.02 Å². The zero-order valence-electron chi connectivity index (χ0n) is 15.3. The van der Waals surface area contributed by atoms with E-state index >= 15 is 0 Å². The lowest BCUT2D eigenvalue weighted by atomic mass is 10.2. The van der Waals surface area contributed by atoms with Gasteiger partial charge in [0, 0.05) is 49.8 Å². The van der Waals surface area contributed by atoms with Gasteiger partial charge in [0.15, 0.2) is 5.96 Å². The predicted molar refractivity (Wildman–Crippen MR) is 112 cm³/mol. The molecule has 0 radical (unpaired) electrons. The largest absolute Gasteiger partial charge is 0.357 e. The van der Waals surface area contributed by atoms with Crippen molar-refractivity contribution in [1.82, 2.24) is 14.5 Å². The summed E-state index contributed by atoms with van der Waals surface area (Å²) < 4.78 is 26.4. The lowest BCUT2D eigenvalue weighted by Gasteiger charge is -2.25. The molecule has 1 aromatic carbocycles. The number of hydrogen-bond acceptors (Lipinski definition) is 4. The van der Waals surface area contributed by atoms with Gasteiger partial charge in [-0.1, -0.05) is 29.8 Å². The number of nitrogens with zero attached hydrogens (tertiary/aromatic N) is 3. The second-order valence-corrected chi connectivity index (χ2v) is 9.73. The van der Waals surface area contributed by atoms with Crippen molar-refractivity contribution in [1.29, 1.82) is 0 Å². The van der Waals surface area contributed by atoms with Crippen LogP contribution in [0.25, 0.3) is 0 Å². The number of hydrogen-bond donors (Lipinski definition) is 1. The monoisotopic (exact) mass is 418 g/mol. The molecule has 0 atom stereocenters. The van der Waals surface area contributed by atoms with E-state index in [4.69, 9.17) is 11.6 Å². The number of thioether (sulfide) groups is 1. The van der Waals surface area contributed by atoms with Gasteiger partial charge in [-0.25, -0.2) is 12.7 Å². The molecule has 0 amide bonds. The molecular weight excluding hydrogens is 392 g/mol. The lowest BCUT2D eigenvalue weighted by molar-refractivity contribution is 0.443. The minimum absolute atomic E-state index is 0.0342. The zero-order valence-corrected chi connectivity index (χ0v) is 17.7. The van der Waals surface area contributed by atoms with Crippen molar-refractivity contribution < 1.29 is 8.42 Å². The molecule has 1 N–H and O–H groups in total. The number of guanidine groups is 1. The summed E-state index contributed by atoms with van der Waals surface area (Å²) in [5.74, 6) is 2.45. The second kappa shape index (κ2) is 10.4. The predicted octanol–water partition coefficient (Wildman–Crippen LogP) is 2.12. The van der Waals surface area contributed by atoms with Crippen LogP contribution in [-0.4, -0.2) is 74.1 Å². The molecule has 1 aliphatic heterocycles. The van der Waals surface area contributed by atoms with E-state index in [1.165, 1.54) is 0 Å². The molecule has 0 bridgehead atoms. The van der Waals surface area contributed by atoms with E-state index in [1.807, 2.05) is 43.1 Å². The van der Waals surface area contributed by atoms with Gasteiger partial charge in [0.25, 0.3) is 0 Å². The third-order valence-corrected chi connectivity index (χ3v) is 7.20. The highest BCUT2D eigenvalue weighted by Crippen LogP contribution is 2.16. The van der Waals surface area contributed by atoms with Crippen LogP contribution in [0.1, 0.15) is 12.5 Å². The fourth-order valence-corrected chi connectivity index (χ4v) is 5.30. The van der Waals surface area contributed by atoms with Gasteiger partial charge >= 0.3 is 0 Å². The van der Waals surface area contributed by atoms with Crippen LogP contribution >= 0.6 is 23.4 Å². The van der Waals surface area contributed by atoms with Crippen molar-refractivity contribution in [3.63, 3.8) is 0 Å². The van der Waals surface area contributed by atoms with Crippen LogP contribution in [0, 0.1) is 0 Å². The average Bonchev–Trinajstić information content (AvgIpc) is 2.63. The number of halogens is 1. The van der Waals surface area contributed by atoms with Gasteiger partial charge in [-0.05, 0) is 18.6 Å². The van der Waals surface area contributed by atoms with E-state index in [9.17, 15) is 8.42 Å². The molecule has 1 aliphatic rings. The standard InChI is InChI=1S/C17H27ClN4O2S2/c1-3-19-17(21(2)14-15-6-4-5-7-16(15)18)20-8-13-26(23,24)22-9-11-25-12-10-22/h4-7H,3,8-14H2,1-2H3,(H,19,20). The van der Waals surface area contributed by atoms with Crippen molar-refractivity contribution in [2.45, 2.75) is 13.5 Å². The van der Waals surface area contributed by atoms with Gasteiger partial charge in [0.05, 0.1) is 12.3 Å². The number of sulfonamides is 1. The maximum absolute atomic E-state index is 12.4. The normalized spacial score (nSPS) is 16.5. The van der Waals surface area contributed by atoms with Gasteiger partial charge in [0.2, 0.25) is 10.0 Å². The Labute approximate surface area is 166 Å². The Morgan fingerprint density at radius 2 is 2.04 bits per heavy atom. The summed E-state index contributed by atoms with van der Waals surface area (Å²) in [5, 5.41) is 3.92. The van der Waals surface area contributed by atoms with Crippen LogP contribution < -0.4 is 5.32 Å². The van der Waals surface area contributed by atoms with Crippen LogP contribution in [-0.2, 0) is 16.6 Å². The maximum Gasteiger partial charge on any atom is 0.215 e. The molecule has 0 aliphatic carbocycles. The van der Waals surface area contributed by atoms with Gasteiger partial charge in [-0.3, -0.25) is 4.99 Å². The summed E-state index contributed by atoms with van der Waals surface area (Å²) in [5.41, 5.74) is 1.00. The molecule has 0 saturated carbocycles. The topological polar surface area (TPSA) is 65.0 Å². The first-order valence-corrected chi connectivity index (χ1v) is 11.9. The lowest BCUT2D eigenvalue weighted by Crippen LogP contribution is -2.41. The summed E-state index contributed by atoms with van der Waals surface area (Å²) >= 11 is 8.02. The molecule has 1 fully saturated rings. The minimum atomic E-state index is -3.24. The number of nitrogens with one attached hydrogen (secondary N) is 1. The Kier molecular flexibility index (Phi) is 8.53. The highest BCUT2D eigenvalue weighted by Gasteiger charge is 2.23. The number of rotatable bonds is 7. The minimum Gasteiger partial charge on any atom is -0.357 e. The SMILES string of the molecule is CCNC(=NCCS(=O)(=O)N1CCSCC1)N(C)Cc1ccccc1Cl. The quantitative estimate of drug-likeness (QED) is 0.542. The summed E-state index contributed by atoms with van der Waals surface area (Å²) in [6, 6.07) is 7.68. The number of benzene rings is 1. The second-order valence-electron chi connectivity index (χ2n) is 6.01. The molecular formula is C17H27ClN4O2S2. The van der Waals surface area contributed by atoms with Gasteiger partial charge < -0.3 is 10.2 Å². The highest BCUT2D eigenvalue weighted by atomic mass is 35.5. The number of aliphatic imine (C=N–C) groups is 1. The van der Waals surface area contributed by atoms with E-state index in [2.05, 4.69) is 10.3 Å². The first kappa shape index (κ1) is 21.3. The van der Waals surface area contributed by atoms with Crippen molar-refractivity contribution in [2.24, 2.45) is 4.99 Å². The van der Waals surface area contributed by atoms with Gasteiger partial charge in [0.1, 0.15) is 0 Å². The van der Waals surface area contributed by atoms with Crippen LogP contribution in [0.3, 0.4) is 0 Å². The van der Waals surface area contributed by atoms with E-state index < -0.39 is 10.0 Å². The summed E-state index contributed by atoms with van der Waals surface area (Å²) in [6.45, 7) is 4.73. The Bertz CT molecular complexity index is 706. The Hall–Kier alpha value is -0.960. The van der Waals surface area contributed by atoms with Crippen molar-refractivity contribution in [3.8, 4) is 0 Å². The van der Waals surface area contributed by atoms with E-state index in [-0.39, 0.29) is 12.3 Å². The molecule has 26 heavy (non-hydrogen) atoms. The molecule has 1 saturated heterocycles. The van der Waals surface area contributed by atoms with Crippen molar-refractivity contribution >= 4 is 39.3 Å². The van der Waals surface area contributed by atoms with E-state index in [1.54, 1.807) is 16.1 Å². The van der Waals surface area contributed by atoms with Crippen LogP contribution in [0.15, 0.2) is 29.3 Å². The molecule has 1 heterocycles. The Balaban J connectivity index is 1.98. The molecule has 2 rings (SSSR count). The highest BCUT2D eigenvalue weighted by molar-refractivity contribution is 7.99. The molecule has 0 spiro atoms. The molecule has 1 aromatic rings. The maximum atomic E-state index is 12.4. The molecule has 146 valence electrons. The fraction of sp³-hybridized carbons (Fsp3) is 0.588.